The molecule has 0 radical (unpaired) electrons. The number of carbonyl (C=O) groups excluding carboxylic acids is 1. The molecule has 0 N–H and O–H groups in total. The van der Waals surface area contributed by atoms with Crippen LogP contribution in [0.15, 0.2) is 12.3 Å². The SMILES string of the molecule is O=C(c1cn(C2CCOCC2)nn1)N1CCCc2c(F)c(F)cc(F)c21. The van der Waals surface area contributed by atoms with Crippen LogP contribution in [0.4, 0.5) is 18.9 Å². The number of fused-ring (bicyclic) bond motifs is 1. The van der Waals surface area contributed by atoms with Crippen LogP contribution >= 0.6 is 0 Å². The highest BCUT2D eigenvalue weighted by atomic mass is 19.2. The Bertz CT molecular complexity index is 849. The van der Waals surface area contributed by atoms with Crippen molar-refractivity contribution in [2.24, 2.45) is 0 Å². The lowest BCUT2D eigenvalue weighted by molar-refractivity contribution is 0.0657. The van der Waals surface area contributed by atoms with Crippen molar-refractivity contribution in [1.29, 1.82) is 0 Å². The Balaban J connectivity index is 1.64. The van der Waals surface area contributed by atoms with E-state index in [2.05, 4.69) is 10.3 Å². The molecule has 2 aliphatic rings. The topological polar surface area (TPSA) is 60.3 Å². The normalized spacial score (nSPS) is 18.0. The molecule has 4 rings (SSSR count). The molecule has 1 fully saturated rings. The molecule has 0 atom stereocenters. The number of amides is 1. The van der Waals surface area contributed by atoms with E-state index in [9.17, 15) is 18.0 Å². The smallest absolute Gasteiger partial charge is 0.280 e. The first-order chi connectivity index (χ1) is 12.6. The van der Waals surface area contributed by atoms with E-state index in [0.29, 0.717) is 25.7 Å². The average molecular weight is 366 g/mol. The van der Waals surface area contributed by atoms with Gasteiger partial charge in [-0.15, -0.1) is 5.10 Å². The van der Waals surface area contributed by atoms with Crippen molar-refractivity contribution >= 4 is 11.6 Å². The van der Waals surface area contributed by atoms with Gasteiger partial charge in [-0.2, -0.15) is 0 Å². The Kier molecular flexibility index (Phi) is 4.39. The van der Waals surface area contributed by atoms with Crippen LogP contribution in [0.3, 0.4) is 0 Å². The van der Waals surface area contributed by atoms with Crippen LogP contribution in [0, 0.1) is 17.5 Å². The molecule has 1 aromatic heterocycles. The number of halogens is 3. The van der Waals surface area contributed by atoms with E-state index in [1.807, 2.05) is 0 Å². The van der Waals surface area contributed by atoms with Gasteiger partial charge in [0.15, 0.2) is 17.3 Å². The zero-order valence-electron chi connectivity index (χ0n) is 13.9. The molecule has 138 valence electrons. The third-order valence-electron chi connectivity index (χ3n) is 4.86. The number of hydrogen-bond donors (Lipinski definition) is 0. The molecule has 3 heterocycles. The third kappa shape index (κ3) is 2.86. The van der Waals surface area contributed by atoms with E-state index in [0.717, 1.165) is 17.7 Å². The summed E-state index contributed by atoms with van der Waals surface area (Å²) < 4.78 is 48.7. The van der Waals surface area contributed by atoms with Gasteiger partial charge in [-0.3, -0.25) is 4.79 Å². The molecule has 0 aliphatic carbocycles. The maximum atomic E-state index is 14.3. The zero-order valence-corrected chi connectivity index (χ0v) is 13.9. The van der Waals surface area contributed by atoms with Crippen molar-refractivity contribution in [3.63, 3.8) is 0 Å². The maximum absolute atomic E-state index is 14.3. The van der Waals surface area contributed by atoms with Gasteiger partial charge in [0.25, 0.3) is 5.91 Å². The van der Waals surface area contributed by atoms with Crippen molar-refractivity contribution < 1.29 is 22.7 Å². The molecular formula is C17H17F3N4O2. The van der Waals surface area contributed by atoms with E-state index in [-0.39, 0.29) is 36.0 Å². The summed E-state index contributed by atoms with van der Waals surface area (Å²) in [7, 11) is 0. The Morgan fingerprint density at radius 2 is 1.96 bits per heavy atom. The fourth-order valence-corrected chi connectivity index (χ4v) is 3.53. The van der Waals surface area contributed by atoms with Crippen LogP contribution < -0.4 is 4.90 Å². The molecular weight excluding hydrogens is 349 g/mol. The second-order valence-electron chi connectivity index (χ2n) is 6.47. The molecule has 0 saturated carbocycles. The van der Waals surface area contributed by atoms with Gasteiger partial charge in [0, 0.05) is 31.4 Å². The largest absolute Gasteiger partial charge is 0.381 e. The summed E-state index contributed by atoms with van der Waals surface area (Å²) in [4.78, 5) is 13.9. The Hall–Kier alpha value is -2.42. The van der Waals surface area contributed by atoms with E-state index in [1.165, 1.54) is 6.20 Å². The molecule has 9 heteroatoms. The number of nitrogens with zero attached hydrogens (tertiary/aromatic N) is 4. The average Bonchev–Trinajstić information content (AvgIpc) is 3.16. The summed E-state index contributed by atoms with van der Waals surface area (Å²) >= 11 is 0. The minimum absolute atomic E-state index is 0.0495. The highest BCUT2D eigenvalue weighted by Crippen LogP contribution is 2.34. The lowest BCUT2D eigenvalue weighted by atomic mass is 10.00. The van der Waals surface area contributed by atoms with Gasteiger partial charge in [0.05, 0.1) is 17.9 Å². The monoisotopic (exact) mass is 366 g/mol. The zero-order chi connectivity index (χ0) is 18.3. The molecule has 2 aromatic rings. The number of ether oxygens (including phenoxy) is 1. The fraction of sp³-hybridized carbons (Fsp3) is 0.471. The molecule has 0 bridgehead atoms. The Morgan fingerprint density at radius 1 is 1.19 bits per heavy atom. The summed E-state index contributed by atoms with van der Waals surface area (Å²) in [5, 5.41) is 7.90. The number of benzene rings is 1. The lowest BCUT2D eigenvalue weighted by Gasteiger charge is -2.29. The first-order valence-corrected chi connectivity index (χ1v) is 8.54. The lowest BCUT2D eigenvalue weighted by Crippen LogP contribution is -2.37. The summed E-state index contributed by atoms with van der Waals surface area (Å²) in [5.41, 5.74) is -0.270. The molecule has 1 amide bonds. The highest BCUT2D eigenvalue weighted by molar-refractivity contribution is 6.05. The van der Waals surface area contributed by atoms with Gasteiger partial charge < -0.3 is 9.64 Å². The van der Waals surface area contributed by atoms with E-state index in [1.54, 1.807) is 4.68 Å². The van der Waals surface area contributed by atoms with Gasteiger partial charge in [-0.25, -0.2) is 17.9 Å². The molecule has 1 aromatic carbocycles. The molecule has 26 heavy (non-hydrogen) atoms. The van der Waals surface area contributed by atoms with Gasteiger partial charge in [0.1, 0.15) is 5.82 Å². The van der Waals surface area contributed by atoms with Gasteiger partial charge in [-0.1, -0.05) is 5.21 Å². The molecule has 6 nitrogen and oxygen atoms in total. The quantitative estimate of drug-likeness (QED) is 0.767. The van der Waals surface area contributed by atoms with Crippen molar-refractivity contribution in [1.82, 2.24) is 15.0 Å². The van der Waals surface area contributed by atoms with Crippen LogP contribution in [-0.4, -0.2) is 40.7 Å². The van der Waals surface area contributed by atoms with Gasteiger partial charge >= 0.3 is 0 Å². The van der Waals surface area contributed by atoms with Crippen LogP contribution in [-0.2, 0) is 11.2 Å². The van der Waals surface area contributed by atoms with E-state index in [4.69, 9.17) is 4.74 Å². The minimum atomic E-state index is -1.25. The summed E-state index contributed by atoms with van der Waals surface area (Å²) in [6, 6.07) is 0.563. The van der Waals surface area contributed by atoms with Crippen molar-refractivity contribution in [2.75, 3.05) is 24.7 Å². The molecule has 0 spiro atoms. The van der Waals surface area contributed by atoms with Crippen molar-refractivity contribution in [2.45, 2.75) is 31.7 Å². The highest BCUT2D eigenvalue weighted by Gasteiger charge is 2.32. The van der Waals surface area contributed by atoms with E-state index < -0.39 is 23.4 Å². The van der Waals surface area contributed by atoms with Crippen LogP contribution in [0.2, 0.25) is 0 Å². The number of anilines is 1. The second kappa shape index (κ2) is 6.71. The van der Waals surface area contributed by atoms with Crippen LogP contribution in [0.25, 0.3) is 0 Å². The number of hydrogen-bond acceptors (Lipinski definition) is 4. The third-order valence-corrected chi connectivity index (χ3v) is 4.86. The molecule has 2 aliphatic heterocycles. The summed E-state index contributed by atoms with van der Waals surface area (Å²) in [5.74, 6) is -3.89. The number of aromatic nitrogens is 3. The van der Waals surface area contributed by atoms with Crippen molar-refractivity contribution in [3.8, 4) is 0 Å². The fourth-order valence-electron chi connectivity index (χ4n) is 3.53. The minimum Gasteiger partial charge on any atom is -0.381 e. The Morgan fingerprint density at radius 3 is 2.73 bits per heavy atom. The standard InChI is InChI=1S/C17H17F3N4O2/c18-12-8-13(19)16-11(15(12)20)2-1-5-23(16)17(25)14-9-24(22-21-14)10-3-6-26-7-4-10/h8-10H,1-7H2. The first-order valence-electron chi connectivity index (χ1n) is 8.54. The summed E-state index contributed by atoms with van der Waals surface area (Å²) in [6.45, 7) is 1.44. The van der Waals surface area contributed by atoms with E-state index >= 15 is 0 Å². The van der Waals surface area contributed by atoms with Crippen molar-refractivity contribution in [3.05, 3.63) is 41.0 Å². The van der Waals surface area contributed by atoms with Crippen LogP contribution in [0.5, 0.6) is 0 Å². The molecule has 1 saturated heterocycles. The predicted molar refractivity (Wildman–Crippen MR) is 85.4 cm³/mol. The summed E-state index contributed by atoms with van der Waals surface area (Å²) in [6.07, 6.45) is 3.64. The number of rotatable bonds is 2. The van der Waals surface area contributed by atoms with Gasteiger partial charge in [0.2, 0.25) is 0 Å². The Labute approximate surface area is 147 Å². The van der Waals surface area contributed by atoms with Gasteiger partial charge in [-0.05, 0) is 25.7 Å². The molecule has 0 unspecified atom stereocenters. The maximum Gasteiger partial charge on any atom is 0.280 e. The predicted octanol–water partition coefficient (Wildman–Crippen LogP) is 2.64. The number of carbonyl (C=O) groups is 1. The van der Waals surface area contributed by atoms with Crippen LogP contribution in [0.1, 0.15) is 41.4 Å². The second-order valence-corrected chi connectivity index (χ2v) is 6.47. The first kappa shape index (κ1) is 17.0.